The van der Waals surface area contributed by atoms with Crippen molar-refractivity contribution in [3.05, 3.63) is 63.7 Å². The first-order valence-electron chi connectivity index (χ1n) is 22.4. The fourth-order valence-corrected chi connectivity index (χ4v) is 9.06. The molecule has 1 saturated heterocycles. The van der Waals surface area contributed by atoms with Crippen molar-refractivity contribution < 1.29 is 53.8 Å². The third kappa shape index (κ3) is 14.0. The molecule has 2 aliphatic rings. The van der Waals surface area contributed by atoms with Gasteiger partial charge in [0.25, 0.3) is 0 Å². The average molecular weight is 888 g/mol. The summed E-state index contributed by atoms with van der Waals surface area (Å²) in [6.45, 7) is 23.4. The molecule has 0 amide bonds. The Hall–Kier alpha value is -3.04. The van der Waals surface area contributed by atoms with E-state index in [1.165, 1.54) is 25.4 Å². The van der Waals surface area contributed by atoms with Crippen LogP contribution in [0.15, 0.2) is 53.0 Å². The van der Waals surface area contributed by atoms with Crippen LogP contribution in [0.1, 0.15) is 133 Å². The van der Waals surface area contributed by atoms with Crippen LogP contribution in [-0.2, 0) is 45.4 Å². The molecule has 2 aliphatic heterocycles. The van der Waals surface area contributed by atoms with E-state index >= 15 is 0 Å². The molecule has 12 nitrogen and oxygen atoms in total. The van der Waals surface area contributed by atoms with E-state index in [0.29, 0.717) is 31.3 Å². The zero-order valence-corrected chi connectivity index (χ0v) is 40.5. The van der Waals surface area contributed by atoms with Crippen LogP contribution in [0.3, 0.4) is 0 Å². The minimum atomic E-state index is -1.75. The van der Waals surface area contributed by atoms with E-state index in [4.69, 9.17) is 23.9 Å². The number of cyclic esters (lactones) is 1. The lowest BCUT2D eigenvalue weighted by Gasteiger charge is -2.37. The second-order valence-corrected chi connectivity index (χ2v) is 19.9. The molecule has 0 bridgehead atoms. The van der Waals surface area contributed by atoms with Gasteiger partial charge in [-0.25, -0.2) is 9.78 Å². The molecule has 4 N–H and O–H groups in total. The van der Waals surface area contributed by atoms with Crippen LogP contribution >= 0.6 is 11.3 Å². The summed E-state index contributed by atoms with van der Waals surface area (Å²) in [4.78, 5) is 46.2. The quantitative estimate of drug-likeness (QED) is 0.108. The Bertz CT molecular complexity index is 1780. The lowest BCUT2D eigenvalue weighted by atomic mass is 9.84. The van der Waals surface area contributed by atoms with E-state index in [9.17, 15) is 34.8 Å². The van der Waals surface area contributed by atoms with Crippen LogP contribution < -0.4 is 0 Å². The number of allylic oxidation sites excluding steroid dienone is 5. The number of hydrogen-bond donors (Lipinski definition) is 4. The van der Waals surface area contributed by atoms with Gasteiger partial charge in [-0.15, -0.1) is 11.3 Å². The van der Waals surface area contributed by atoms with Gasteiger partial charge < -0.3 is 39.4 Å². The molecule has 1 aromatic rings. The fourth-order valence-electron chi connectivity index (χ4n) is 8.05. The summed E-state index contributed by atoms with van der Waals surface area (Å²) in [6.07, 6.45) is 7.16. The van der Waals surface area contributed by atoms with Crippen molar-refractivity contribution in [1.82, 2.24) is 4.98 Å². The van der Waals surface area contributed by atoms with Crippen molar-refractivity contribution in [3.8, 4) is 0 Å². The van der Waals surface area contributed by atoms with Gasteiger partial charge in [-0.05, 0) is 91.1 Å². The maximum atomic E-state index is 14.6. The van der Waals surface area contributed by atoms with Crippen LogP contribution in [0.4, 0.5) is 0 Å². The number of aromatic nitrogens is 1. The minimum absolute atomic E-state index is 0.0669. The topological polar surface area (TPSA) is 185 Å². The summed E-state index contributed by atoms with van der Waals surface area (Å²) in [5.74, 6) is -4.37. The summed E-state index contributed by atoms with van der Waals surface area (Å²) in [7, 11) is 1.45. The van der Waals surface area contributed by atoms with Crippen LogP contribution in [0, 0.1) is 35.5 Å². The number of carbonyl (C=O) groups is 3. The number of esters is 2. The lowest BCUT2D eigenvalue weighted by molar-refractivity contribution is -0.195. The number of nitrogens with zero attached hydrogens (tertiary/aromatic N) is 1. The summed E-state index contributed by atoms with van der Waals surface area (Å²) in [5.41, 5.74) is -1.66. The maximum absolute atomic E-state index is 14.6. The Morgan fingerprint density at radius 1 is 1.10 bits per heavy atom. The molecule has 0 saturated carbocycles. The number of aliphatic hydroxyl groups excluding tert-OH is 3. The average Bonchev–Trinajstić information content (AvgIpc) is 3.56. The van der Waals surface area contributed by atoms with Gasteiger partial charge in [0.2, 0.25) is 5.60 Å². The first-order chi connectivity index (χ1) is 28.8. The fraction of sp³-hybridized carbons (Fsp3) is 0.714. The normalized spacial score (nSPS) is 38.6. The Kier molecular flexibility index (Phi) is 19.5. The largest absolute Gasteiger partial charge is 0.455 e. The number of epoxide rings is 1. The number of aliphatic hydroxyl groups is 4. The molecule has 62 heavy (non-hydrogen) atoms. The van der Waals surface area contributed by atoms with Crippen molar-refractivity contribution in [2.45, 2.75) is 182 Å². The number of rotatable bonds is 9. The number of methoxy groups -OCH3 is 1. The van der Waals surface area contributed by atoms with Crippen molar-refractivity contribution in [2.75, 3.05) is 7.11 Å². The van der Waals surface area contributed by atoms with Crippen molar-refractivity contribution >= 4 is 29.1 Å². The molecule has 3 rings (SSSR count). The Morgan fingerprint density at radius 2 is 1.74 bits per heavy atom. The van der Waals surface area contributed by atoms with Gasteiger partial charge in [-0.2, -0.15) is 0 Å². The standard InChI is InChI=1S/C49H77NO11S/c1-15-30(4)44(55)61-48(12)23-22-28(2)25-38(51)35(9)39(52)31(5)18-16-19-32(6)40(53)41(54)42(58-14)33(7)20-17-21-34(8)43(59-46(48)56)47(11,57)26-29(3)24-37-27-62-45(50-37)49(13)36(10)60-49/h16-18,20-21,26-28,30-32,34-36,38,40-43,51,53-54,57H,15,19,22-25H2,1-14H3/b18-16-,21-17+,29-26-,33-20+/t28-,30+,31+,32-,34+,35-,36+,38-,40+,41+,42+,43-,47+,48-,49-/m0/s1. The van der Waals surface area contributed by atoms with E-state index in [1.54, 1.807) is 71.9 Å². The predicted octanol–water partition coefficient (Wildman–Crippen LogP) is 7.76. The van der Waals surface area contributed by atoms with Crippen molar-refractivity contribution in [1.29, 1.82) is 0 Å². The SMILES string of the molecule is CC[C@@H](C)C(=O)O[C@@]1(C)CC[C@H](C)C[C@H](O)[C@H](C)C(=O)[C@H](C)/C=C\C[C@H](C)[C@@H](O)[C@@H](O)[C@H](OC)/C(C)=C/C=C/[C@@H](C)[C@@H]([C@](C)(O)/C=C(/C)Cc2csc([C@@]3(C)O[C@@H]3C)n2)OC1=O. The minimum Gasteiger partial charge on any atom is -0.455 e. The number of thiazole rings is 1. The summed E-state index contributed by atoms with van der Waals surface area (Å²) < 4.78 is 23.8. The molecule has 0 aromatic carbocycles. The van der Waals surface area contributed by atoms with Gasteiger partial charge in [0.05, 0.1) is 29.9 Å². The number of ether oxygens (including phenoxy) is 4. The van der Waals surface area contributed by atoms with E-state index in [-0.39, 0.29) is 36.6 Å². The first kappa shape index (κ1) is 53.3. The molecular weight excluding hydrogens is 811 g/mol. The van der Waals surface area contributed by atoms with E-state index in [2.05, 4.69) is 0 Å². The van der Waals surface area contributed by atoms with Gasteiger partial charge >= 0.3 is 11.9 Å². The highest BCUT2D eigenvalue weighted by Crippen LogP contribution is 2.46. The van der Waals surface area contributed by atoms with E-state index in [0.717, 1.165) is 16.3 Å². The molecule has 13 heteroatoms. The van der Waals surface area contributed by atoms with Gasteiger partial charge in [-0.1, -0.05) is 90.5 Å². The number of ketones is 1. The highest BCUT2D eigenvalue weighted by molar-refractivity contribution is 7.09. The lowest BCUT2D eigenvalue weighted by Crippen LogP contribution is -2.50. The molecule has 1 aromatic heterocycles. The first-order valence-corrected chi connectivity index (χ1v) is 23.3. The summed E-state index contributed by atoms with van der Waals surface area (Å²) in [6, 6.07) is 0. The second kappa shape index (κ2) is 22.7. The van der Waals surface area contributed by atoms with Gasteiger partial charge in [0.15, 0.2) is 0 Å². The predicted molar refractivity (Wildman–Crippen MR) is 242 cm³/mol. The highest BCUT2D eigenvalue weighted by atomic mass is 32.1. The molecule has 0 radical (unpaired) electrons. The Balaban J connectivity index is 2.09. The van der Waals surface area contributed by atoms with Crippen LogP contribution in [0.25, 0.3) is 0 Å². The Labute approximate surface area is 374 Å². The van der Waals surface area contributed by atoms with E-state index in [1.807, 2.05) is 53.0 Å². The maximum Gasteiger partial charge on any atom is 0.350 e. The monoisotopic (exact) mass is 888 g/mol. The molecule has 0 aliphatic carbocycles. The van der Waals surface area contributed by atoms with E-state index < -0.39 is 82.9 Å². The van der Waals surface area contributed by atoms with Crippen LogP contribution in [0.2, 0.25) is 0 Å². The number of Topliss-reactive ketones (excluding diaryl/α,β-unsaturated/α-hetero) is 1. The molecule has 15 atom stereocenters. The highest BCUT2D eigenvalue weighted by Gasteiger charge is 2.53. The third-order valence-corrected chi connectivity index (χ3v) is 14.2. The molecule has 1 fully saturated rings. The molecule has 350 valence electrons. The van der Waals surface area contributed by atoms with Crippen LogP contribution in [-0.4, -0.2) is 98.1 Å². The molecule has 3 heterocycles. The van der Waals surface area contributed by atoms with Crippen molar-refractivity contribution in [2.24, 2.45) is 35.5 Å². The molecular formula is C49H77NO11S. The molecule has 0 unspecified atom stereocenters. The third-order valence-electron chi connectivity index (χ3n) is 13.1. The summed E-state index contributed by atoms with van der Waals surface area (Å²) >= 11 is 1.53. The zero-order chi connectivity index (χ0) is 46.9. The van der Waals surface area contributed by atoms with Crippen LogP contribution in [0.5, 0.6) is 0 Å². The zero-order valence-electron chi connectivity index (χ0n) is 39.7. The van der Waals surface area contributed by atoms with Crippen molar-refractivity contribution in [3.63, 3.8) is 0 Å². The van der Waals surface area contributed by atoms with Gasteiger partial charge in [0, 0.05) is 36.7 Å². The number of hydrogen-bond acceptors (Lipinski definition) is 13. The second-order valence-electron chi connectivity index (χ2n) is 19.1. The van der Waals surface area contributed by atoms with Gasteiger partial charge in [-0.3, -0.25) is 9.59 Å². The smallest absolute Gasteiger partial charge is 0.350 e. The van der Waals surface area contributed by atoms with Gasteiger partial charge in [0.1, 0.15) is 40.3 Å². The molecule has 0 spiro atoms. The number of carbonyl (C=O) groups excluding carboxylic acids is 3. The summed E-state index contributed by atoms with van der Waals surface area (Å²) in [5, 5.41) is 48.8. The Morgan fingerprint density at radius 3 is 2.34 bits per heavy atom.